The van der Waals surface area contributed by atoms with E-state index < -0.39 is 0 Å². The van der Waals surface area contributed by atoms with Gasteiger partial charge in [0, 0.05) is 6.54 Å². The van der Waals surface area contributed by atoms with Crippen molar-refractivity contribution in [2.24, 2.45) is 0 Å². The predicted octanol–water partition coefficient (Wildman–Crippen LogP) is 1.03. The average molecular weight is 230 g/mol. The molecule has 2 heterocycles. The van der Waals surface area contributed by atoms with Crippen LogP contribution in [0.3, 0.4) is 0 Å². The Morgan fingerprint density at radius 2 is 1.76 bits per heavy atom. The lowest BCUT2D eigenvalue weighted by atomic mass is 10.1. The van der Waals surface area contributed by atoms with Crippen LogP contribution in [0.1, 0.15) is 33.6 Å². The summed E-state index contributed by atoms with van der Waals surface area (Å²) in [4.78, 5) is 25.8. The second kappa shape index (κ2) is 3.96. The number of imide groups is 1. The molecule has 3 rings (SSSR count). The summed E-state index contributed by atoms with van der Waals surface area (Å²) >= 11 is 0. The van der Waals surface area contributed by atoms with Crippen molar-refractivity contribution in [3.63, 3.8) is 0 Å². The van der Waals surface area contributed by atoms with Gasteiger partial charge in [-0.05, 0) is 31.5 Å². The van der Waals surface area contributed by atoms with Crippen LogP contribution in [0, 0.1) is 0 Å². The third kappa shape index (κ3) is 1.56. The SMILES string of the molecule is O=C1c2ccccc2C(=O)N1C1CCCNC1. The Kier molecular flexibility index (Phi) is 2.44. The Bertz CT molecular complexity index is 443. The Morgan fingerprint density at radius 1 is 1.12 bits per heavy atom. The van der Waals surface area contributed by atoms with E-state index in [1.54, 1.807) is 24.3 Å². The third-order valence-electron chi connectivity index (χ3n) is 3.46. The fourth-order valence-corrected chi connectivity index (χ4v) is 2.59. The second-order valence-electron chi connectivity index (χ2n) is 4.53. The highest BCUT2D eigenvalue weighted by Crippen LogP contribution is 2.26. The molecule has 1 aromatic carbocycles. The molecule has 1 fully saturated rings. The summed E-state index contributed by atoms with van der Waals surface area (Å²) in [5.74, 6) is -0.279. The molecule has 2 aliphatic heterocycles. The summed E-state index contributed by atoms with van der Waals surface area (Å²) in [6.45, 7) is 1.69. The largest absolute Gasteiger partial charge is 0.315 e. The molecule has 4 heteroatoms. The average Bonchev–Trinajstić information content (AvgIpc) is 2.64. The van der Waals surface area contributed by atoms with Crippen LogP contribution in [-0.2, 0) is 0 Å². The molecular weight excluding hydrogens is 216 g/mol. The van der Waals surface area contributed by atoms with Crippen molar-refractivity contribution in [3.05, 3.63) is 35.4 Å². The van der Waals surface area contributed by atoms with Gasteiger partial charge in [0.15, 0.2) is 0 Å². The van der Waals surface area contributed by atoms with Gasteiger partial charge < -0.3 is 5.32 Å². The molecule has 2 aliphatic rings. The fraction of sp³-hybridized carbons (Fsp3) is 0.385. The van der Waals surface area contributed by atoms with Gasteiger partial charge >= 0.3 is 0 Å². The number of fused-ring (bicyclic) bond motifs is 1. The maximum Gasteiger partial charge on any atom is 0.261 e. The van der Waals surface area contributed by atoms with Crippen LogP contribution in [0.2, 0.25) is 0 Å². The minimum Gasteiger partial charge on any atom is -0.315 e. The van der Waals surface area contributed by atoms with E-state index in [0.717, 1.165) is 19.4 Å². The minimum atomic E-state index is -0.140. The Hall–Kier alpha value is -1.68. The molecule has 1 N–H and O–H groups in total. The number of benzene rings is 1. The molecule has 1 unspecified atom stereocenters. The number of amides is 2. The summed E-state index contributed by atoms with van der Waals surface area (Å²) in [5, 5.41) is 3.23. The van der Waals surface area contributed by atoms with Gasteiger partial charge in [-0.15, -0.1) is 0 Å². The second-order valence-corrected chi connectivity index (χ2v) is 4.53. The molecule has 0 aliphatic carbocycles. The number of carbonyl (C=O) groups is 2. The van der Waals surface area contributed by atoms with Gasteiger partial charge in [0.1, 0.15) is 0 Å². The summed E-state index contributed by atoms with van der Waals surface area (Å²) in [5.41, 5.74) is 1.09. The van der Waals surface area contributed by atoms with E-state index in [2.05, 4.69) is 5.32 Å². The van der Waals surface area contributed by atoms with Crippen molar-refractivity contribution < 1.29 is 9.59 Å². The smallest absolute Gasteiger partial charge is 0.261 e. The highest BCUT2D eigenvalue weighted by atomic mass is 16.2. The molecule has 4 nitrogen and oxygen atoms in total. The van der Waals surface area contributed by atoms with Crippen molar-refractivity contribution in [1.29, 1.82) is 0 Å². The lowest BCUT2D eigenvalue weighted by Gasteiger charge is -2.29. The number of nitrogens with zero attached hydrogens (tertiary/aromatic N) is 1. The van der Waals surface area contributed by atoms with Gasteiger partial charge in [-0.3, -0.25) is 14.5 Å². The highest BCUT2D eigenvalue weighted by molar-refractivity contribution is 6.21. The van der Waals surface area contributed by atoms with E-state index in [9.17, 15) is 9.59 Å². The van der Waals surface area contributed by atoms with E-state index in [1.807, 2.05) is 0 Å². The topological polar surface area (TPSA) is 49.4 Å². The van der Waals surface area contributed by atoms with Crippen molar-refractivity contribution in [1.82, 2.24) is 10.2 Å². The van der Waals surface area contributed by atoms with E-state index in [-0.39, 0.29) is 17.9 Å². The summed E-state index contributed by atoms with van der Waals surface area (Å²) in [6.07, 6.45) is 1.91. The first kappa shape index (κ1) is 10.5. The highest BCUT2D eigenvalue weighted by Gasteiger charge is 2.39. The number of piperidine rings is 1. The Morgan fingerprint density at radius 3 is 2.29 bits per heavy atom. The number of carbonyl (C=O) groups excluding carboxylic acids is 2. The van der Waals surface area contributed by atoms with E-state index in [1.165, 1.54) is 4.90 Å². The molecule has 88 valence electrons. The predicted molar refractivity (Wildman–Crippen MR) is 62.8 cm³/mol. The van der Waals surface area contributed by atoms with E-state index >= 15 is 0 Å². The molecule has 0 spiro atoms. The van der Waals surface area contributed by atoms with Crippen LogP contribution in [0.25, 0.3) is 0 Å². The summed E-state index contributed by atoms with van der Waals surface area (Å²) < 4.78 is 0. The van der Waals surface area contributed by atoms with Crippen molar-refractivity contribution >= 4 is 11.8 Å². The van der Waals surface area contributed by atoms with Crippen molar-refractivity contribution in [2.45, 2.75) is 18.9 Å². The van der Waals surface area contributed by atoms with Crippen LogP contribution in [0.4, 0.5) is 0 Å². The molecule has 1 atom stereocenters. The van der Waals surface area contributed by atoms with Gasteiger partial charge in [-0.2, -0.15) is 0 Å². The first-order valence-corrected chi connectivity index (χ1v) is 5.96. The fourth-order valence-electron chi connectivity index (χ4n) is 2.59. The zero-order chi connectivity index (χ0) is 11.8. The van der Waals surface area contributed by atoms with Crippen LogP contribution in [-0.4, -0.2) is 35.8 Å². The van der Waals surface area contributed by atoms with Crippen LogP contribution in [0.5, 0.6) is 0 Å². The number of rotatable bonds is 1. The van der Waals surface area contributed by atoms with E-state index in [0.29, 0.717) is 17.7 Å². The number of hydrogen-bond acceptors (Lipinski definition) is 3. The summed E-state index contributed by atoms with van der Waals surface area (Å²) in [6, 6.07) is 7.06. The Balaban J connectivity index is 1.94. The zero-order valence-corrected chi connectivity index (χ0v) is 9.48. The number of nitrogens with one attached hydrogen (secondary N) is 1. The quantitative estimate of drug-likeness (QED) is 0.733. The monoisotopic (exact) mass is 230 g/mol. The standard InChI is InChI=1S/C13H14N2O2/c16-12-10-5-1-2-6-11(10)13(17)15(12)9-4-3-7-14-8-9/h1-2,5-6,9,14H,3-4,7-8H2. The zero-order valence-electron chi connectivity index (χ0n) is 9.48. The maximum atomic E-state index is 12.2. The first-order valence-electron chi connectivity index (χ1n) is 5.96. The Labute approximate surface area is 99.6 Å². The maximum absolute atomic E-state index is 12.2. The van der Waals surface area contributed by atoms with Crippen LogP contribution >= 0.6 is 0 Å². The molecule has 2 amide bonds. The molecule has 1 saturated heterocycles. The first-order chi connectivity index (χ1) is 8.29. The van der Waals surface area contributed by atoms with Gasteiger partial charge in [-0.25, -0.2) is 0 Å². The minimum absolute atomic E-state index is 0.0103. The van der Waals surface area contributed by atoms with Gasteiger partial charge in [0.2, 0.25) is 0 Å². The molecule has 17 heavy (non-hydrogen) atoms. The molecule has 1 aromatic rings. The third-order valence-corrected chi connectivity index (χ3v) is 3.46. The van der Waals surface area contributed by atoms with Crippen molar-refractivity contribution in [3.8, 4) is 0 Å². The van der Waals surface area contributed by atoms with Crippen molar-refractivity contribution in [2.75, 3.05) is 13.1 Å². The molecular formula is C13H14N2O2. The normalized spacial score (nSPS) is 24.0. The van der Waals surface area contributed by atoms with Gasteiger partial charge in [0.05, 0.1) is 17.2 Å². The van der Waals surface area contributed by atoms with Crippen LogP contribution in [0.15, 0.2) is 24.3 Å². The molecule has 0 aromatic heterocycles. The lowest BCUT2D eigenvalue weighted by Crippen LogP contribution is -2.48. The number of hydrogen-bond donors (Lipinski definition) is 1. The molecule has 0 saturated carbocycles. The van der Waals surface area contributed by atoms with Gasteiger partial charge in [0.25, 0.3) is 11.8 Å². The lowest BCUT2D eigenvalue weighted by molar-refractivity contribution is 0.0561. The van der Waals surface area contributed by atoms with Gasteiger partial charge in [-0.1, -0.05) is 12.1 Å². The summed E-state index contributed by atoms with van der Waals surface area (Å²) in [7, 11) is 0. The van der Waals surface area contributed by atoms with Crippen LogP contribution < -0.4 is 5.32 Å². The van der Waals surface area contributed by atoms with E-state index in [4.69, 9.17) is 0 Å². The molecule has 0 radical (unpaired) electrons. The molecule has 0 bridgehead atoms.